The number of hydrogen-bond donors (Lipinski definition) is 1. The maximum absolute atomic E-state index is 12.8. The Labute approximate surface area is 150 Å². The van der Waals surface area contributed by atoms with E-state index in [4.69, 9.17) is 10.2 Å². The molecule has 0 aliphatic carbocycles. The quantitative estimate of drug-likeness (QED) is 0.771. The van der Waals surface area contributed by atoms with Crippen LogP contribution in [0.25, 0.3) is 11.3 Å². The average molecular weight is 344 g/mol. The molecule has 1 N–H and O–H groups in total. The Morgan fingerprint density at radius 3 is 2.85 bits per heavy atom. The Hall–Kier alpha value is -3.66. The van der Waals surface area contributed by atoms with Crippen LogP contribution in [0.15, 0.2) is 42.7 Å². The van der Waals surface area contributed by atoms with Crippen molar-refractivity contribution in [1.29, 1.82) is 5.26 Å². The molecule has 128 valence electrons. The van der Waals surface area contributed by atoms with Gasteiger partial charge in [0.2, 0.25) is 0 Å². The number of amides is 1. The van der Waals surface area contributed by atoms with Gasteiger partial charge in [-0.1, -0.05) is 0 Å². The zero-order valence-corrected chi connectivity index (χ0v) is 14.4. The van der Waals surface area contributed by atoms with Crippen molar-refractivity contribution in [3.63, 3.8) is 0 Å². The molecule has 0 saturated heterocycles. The number of aromatic nitrogens is 3. The monoisotopic (exact) mass is 344 g/mol. The predicted molar refractivity (Wildman–Crippen MR) is 98.4 cm³/mol. The van der Waals surface area contributed by atoms with Crippen LogP contribution in [0.5, 0.6) is 0 Å². The van der Waals surface area contributed by atoms with E-state index in [-0.39, 0.29) is 5.91 Å². The normalized spacial score (nSPS) is 13.0. The molecule has 1 aliphatic rings. The summed E-state index contributed by atoms with van der Waals surface area (Å²) in [5.74, 6) is 1.15. The lowest BCUT2D eigenvalue weighted by atomic mass is 10.2. The summed E-state index contributed by atoms with van der Waals surface area (Å²) in [6.07, 6.45) is 3.43. The number of nitrogens with one attached hydrogen (secondary N) is 1. The van der Waals surface area contributed by atoms with E-state index in [9.17, 15) is 4.79 Å². The molecule has 7 nitrogen and oxygen atoms in total. The molecule has 4 rings (SSSR count). The zero-order chi connectivity index (χ0) is 18.3. The van der Waals surface area contributed by atoms with Crippen molar-refractivity contribution < 1.29 is 4.79 Å². The SMILES string of the molecule is CCN1c2ncccc2C(=O)N(C)c2ccc(-c3c[nH]c(C#N)c3)nc21. The number of fused-ring (bicyclic) bond motifs is 2. The maximum Gasteiger partial charge on any atom is 0.261 e. The maximum atomic E-state index is 12.8. The van der Waals surface area contributed by atoms with Crippen LogP contribution in [-0.4, -0.2) is 34.5 Å². The second-order valence-corrected chi connectivity index (χ2v) is 5.94. The number of nitriles is 1. The van der Waals surface area contributed by atoms with E-state index in [1.807, 2.05) is 24.0 Å². The molecule has 0 spiro atoms. The van der Waals surface area contributed by atoms with Gasteiger partial charge in [-0.15, -0.1) is 0 Å². The summed E-state index contributed by atoms with van der Waals surface area (Å²) in [5.41, 5.74) is 3.28. The van der Waals surface area contributed by atoms with Crippen LogP contribution in [0.1, 0.15) is 23.0 Å². The molecule has 7 heteroatoms. The highest BCUT2D eigenvalue weighted by Crippen LogP contribution is 2.38. The highest BCUT2D eigenvalue weighted by Gasteiger charge is 2.30. The lowest BCUT2D eigenvalue weighted by molar-refractivity contribution is 0.0994. The van der Waals surface area contributed by atoms with Crippen molar-refractivity contribution in [3.05, 3.63) is 54.0 Å². The van der Waals surface area contributed by atoms with E-state index in [1.165, 1.54) is 0 Å². The summed E-state index contributed by atoms with van der Waals surface area (Å²) in [4.78, 5) is 28.5. The molecular weight excluding hydrogens is 328 g/mol. The Bertz CT molecular complexity index is 1050. The first-order valence-corrected chi connectivity index (χ1v) is 8.24. The molecule has 0 aromatic carbocycles. The van der Waals surface area contributed by atoms with Gasteiger partial charge < -0.3 is 14.8 Å². The molecule has 3 aromatic heterocycles. The Kier molecular flexibility index (Phi) is 3.66. The molecule has 1 amide bonds. The van der Waals surface area contributed by atoms with Gasteiger partial charge in [0.1, 0.15) is 17.6 Å². The largest absolute Gasteiger partial charge is 0.352 e. The number of nitrogens with zero attached hydrogens (tertiary/aromatic N) is 5. The van der Waals surface area contributed by atoms with Gasteiger partial charge in [0, 0.05) is 31.5 Å². The molecule has 0 fully saturated rings. The van der Waals surface area contributed by atoms with Crippen molar-refractivity contribution in [1.82, 2.24) is 15.0 Å². The Morgan fingerprint density at radius 2 is 2.12 bits per heavy atom. The minimum absolute atomic E-state index is 0.117. The third kappa shape index (κ3) is 2.31. The van der Waals surface area contributed by atoms with Gasteiger partial charge in [-0.3, -0.25) is 4.79 Å². The van der Waals surface area contributed by atoms with Gasteiger partial charge in [-0.05, 0) is 37.3 Å². The fraction of sp³-hybridized carbons (Fsp3) is 0.158. The fourth-order valence-corrected chi connectivity index (χ4v) is 3.14. The number of anilines is 3. The van der Waals surface area contributed by atoms with Crippen LogP contribution < -0.4 is 9.80 Å². The zero-order valence-electron chi connectivity index (χ0n) is 14.4. The van der Waals surface area contributed by atoms with E-state index < -0.39 is 0 Å². The van der Waals surface area contributed by atoms with E-state index in [0.29, 0.717) is 29.4 Å². The second kappa shape index (κ2) is 6.01. The minimum Gasteiger partial charge on any atom is -0.352 e. The molecule has 0 unspecified atom stereocenters. The van der Waals surface area contributed by atoms with E-state index in [2.05, 4.69) is 16.0 Å². The molecular formula is C19H16N6O. The molecule has 0 radical (unpaired) electrons. The van der Waals surface area contributed by atoms with Gasteiger partial charge in [0.25, 0.3) is 5.91 Å². The van der Waals surface area contributed by atoms with Crippen LogP contribution in [-0.2, 0) is 0 Å². The van der Waals surface area contributed by atoms with Crippen molar-refractivity contribution in [2.24, 2.45) is 0 Å². The summed E-state index contributed by atoms with van der Waals surface area (Å²) in [7, 11) is 1.74. The molecule has 0 bridgehead atoms. The van der Waals surface area contributed by atoms with Crippen LogP contribution >= 0.6 is 0 Å². The lowest BCUT2D eigenvalue weighted by Crippen LogP contribution is -2.25. The van der Waals surface area contributed by atoms with Gasteiger partial charge in [0.05, 0.1) is 16.9 Å². The molecule has 4 heterocycles. The van der Waals surface area contributed by atoms with E-state index >= 15 is 0 Å². The van der Waals surface area contributed by atoms with Gasteiger partial charge in [0.15, 0.2) is 5.82 Å². The smallest absolute Gasteiger partial charge is 0.261 e. The summed E-state index contributed by atoms with van der Waals surface area (Å²) in [6, 6.07) is 11.1. The van der Waals surface area contributed by atoms with Crippen LogP contribution in [0.2, 0.25) is 0 Å². The van der Waals surface area contributed by atoms with Crippen molar-refractivity contribution in [2.75, 3.05) is 23.4 Å². The summed E-state index contributed by atoms with van der Waals surface area (Å²) >= 11 is 0. The Morgan fingerprint density at radius 1 is 1.27 bits per heavy atom. The number of carbonyl (C=O) groups excluding carboxylic acids is 1. The predicted octanol–water partition coefficient (Wildman–Crippen LogP) is 3.09. The number of hydrogen-bond acceptors (Lipinski definition) is 5. The van der Waals surface area contributed by atoms with E-state index in [0.717, 1.165) is 16.9 Å². The number of aromatic amines is 1. The van der Waals surface area contributed by atoms with Crippen molar-refractivity contribution in [3.8, 4) is 17.3 Å². The first-order chi connectivity index (χ1) is 12.6. The summed E-state index contributed by atoms with van der Waals surface area (Å²) < 4.78 is 0. The van der Waals surface area contributed by atoms with Crippen molar-refractivity contribution in [2.45, 2.75) is 6.92 Å². The molecule has 0 saturated carbocycles. The molecule has 1 aliphatic heterocycles. The topological polar surface area (TPSA) is 88.9 Å². The highest BCUT2D eigenvalue weighted by atomic mass is 16.2. The average Bonchev–Trinajstić information content (AvgIpc) is 3.14. The standard InChI is InChI=1S/C19H16N6O/c1-3-25-17-14(5-4-8-21-17)19(26)24(2)16-7-6-15(23-18(16)25)12-9-13(10-20)22-11-12/h4-9,11,22H,3H2,1-2H3. The third-order valence-corrected chi connectivity index (χ3v) is 4.46. The number of pyridine rings is 2. The van der Waals surface area contributed by atoms with Crippen LogP contribution in [0.4, 0.5) is 17.3 Å². The summed E-state index contributed by atoms with van der Waals surface area (Å²) in [5, 5.41) is 9.02. The van der Waals surface area contributed by atoms with Crippen LogP contribution in [0.3, 0.4) is 0 Å². The molecule has 26 heavy (non-hydrogen) atoms. The number of carbonyl (C=O) groups is 1. The van der Waals surface area contributed by atoms with Gasteiger partial charge in [-0.2, -0.15) is 5.26 Å². The van der Waals surface area contributed by atoms with Gasteiger partial charge >= 0.3 is 0 Å². The van der Waals surface area contributed by atoms with E-state index in [1.54, 1.807) is 42.5 Å². The van der Waals surface area contributed by atoms with Crippen LogP contribution in [0, 0.1) is 11.3 Å². The van der Waals surface area contributed by atoms with Crippen molar-refractivity contribution >= 4 is 23.2 Å². The summed E-state index contributed by atoms with van der Waals surface area (Å²) in [6.45, 7) is 2.61. The highest BCUT2D eigenvalue weighted by molar-refractivity contribution is 6.12. The Balaban J connectivity index is 1.92. The fourth-order valence-electron chi connectivity index (χ4n) is 3.14. The first kappa shape index (κ1) is 15.8. The number of H-pyrrole nitrogens is 1. The second-order valence-electron chi connectivity index (χ2n) is 5.94. The molecule has 0 atom stereocenters. The van der Waals surface area contributed by atoms with Gasteiger partial charge in [-0.25, -0.2) is 9.97 Å². The first-order valence-electron chi connectivity index (χ1n) is 8.24. The minimum atomic E-state index is -0.117. The lowest BCUT2D eigenvalue weighted by Gasteiger charge is -2.23. The third-order valence-electron chi connectivity index (χ3n) is 4.46. The number of rotatable bonds is 2. The molecule has 3 aromatic rings.